The maximum Gasteiger partial charge on any atom is 0.00797 e. The van der Waals surface area contributed by atoms with Crippen LogP contribution in [0.25, 0.3) is 0 Å². The van der Waals surface area contributed by atoms with E-state index in [9.17, 15) is 0 Å². The Labute approximate surface area is 217 Å². The van der Waals surface area contributed by atoms with Gasteiger partial charge >= 0.3 is 0 Å². The molecule has 2 nitrogen and oxygen atoms in total. The number of unbranched alkanes of at least 4 members (excludes halogenated alkanes) is 22. The van der Waals surface area contributed by atoms with Gasteiger partial charge in [0.2, 0.25) is 0 Å². The molecule has 0 fully saturated rings. The van der Waals surface area contributed by atoms with E-state index in [-0.39, 0.29) is 0 Å². The lowest BCUT2D eigenvalue weighted by Crippen LogP contribution is -2.31. The number of nitrogens with one attached hydrogen (secondary N) is 2. The lowest BCUT2D eigenvalue weighted by atomic mass is 10.1. The molecular weight excluding hydrogens is 412 g/mol. The van der Waals surface area contributed by atoms with Crippen molar-refractivity contribution in [2.45, 2.75) is 180 Å². The van der Waals surface area contributed by atoms with Crippen molar-refractivity contribution in [3.8, 4) is 0 Å². The molecule has 205 valence electrons. The molecule has 0 spiro atoms. The molecule has 0 aromatic heterocycles. The molecule has 2 N–H and O–H groups in total. The highest BCUT2D eigenvalue weighted by Crippen LogP contribution is 2.13. The van der Waals surface area contributed by atoms with Gasteiger partial charge in [0.05, 0.1) is 0 Å². The Kier molecular flexibility index (Phi) is 30.9. The topological polar surface area (TPSA) is 24.1 Å². The van der Waals surface area contributed by atoms with Gasteiger partial charge in [0.15, 0.2) is 0 Å². The van der Waals surface area contributed by atoms with Crippen molar-refractivity contribution in [1.82, 2.24) is 10.6 Å². The predicted molar refractivity (Wildman–Crippen MR) is 157 cm³/mol. The maximum absolute atomic E-state index is 4.28. The van der Waals surface area contributed by atoms with Crippen LogP contribution < -0.4 is 10.6 Å². The minimum Gasteiger partial charge on any atom is -0.317 e. The number of rotatable bonds is 30. The van der Waals surface area contributed by atoms with E-state index in [1.807, 2.05) is 0 Å². The summed E-state index contributed by atoms with van der Waals surface area (Å²) in [6.45, 7) is 12.3. The molecule has 34 heavy (non-hydrogen) atoms. The van der Waals surface area contributed by atoms with Crippen molar-refractivity contribution in [3.05, 3.63) is 6.92 Å². The van der Waals surface area contributed by atoms with Crippen LogP contribution in [0.3, 0.4) is 0 Å². The largest absolute Gasteiger partial charge is 0.317 e. The molecule has 0 amide bonds. The van der Waals surface area contributed by atoms with E-state index in [1.165, 1.54) is 161 Å². The molecule has 0 aliphatic rings. The summed E-state index contributed by atoms with van der Waals surface area (Å²) in [5.41, 5.74) is 0. The molecule has 0 aromatic carbocycles. The Morgan fingerprint density at radius 1 is 0.412 bits per heavy atom. The zero-order valence-corrected chi connectivity index (χ0v) is 24.1. The van der Waals surface area contributed by atoms with Crippen LogP contribution >= 0.6 is 0 Å². The highest BCUT2D eigenvalue weighted by molar-refractivity contribution is 4.70. The fraction of sp³-hybridized carbons (Fsp3) is 0.969. The first kappa shape index (κ1) is 33.9. The fourth-order valence-corrected chi connectivity index (χ4v) is 4.87. The number of hydrogen-bond acceptors (Lipinski definition) is 2. The Hall–Kier alpha value is -0.0800. The minimum absolute atomic E-state index is 0.405. The third-order valence-corrected chi connectivity index (χ3v) is 7.34. The second-order valence-corrected chi connectivity index (χ2v) is 11.0. The van der Waals surface area contributed by atoms with Gasteiger partial charge < -0.3 is 10.6 Å². The monoisotopic (exact) mass is 480 g/mol. The Bertz CT molecular complexity index is 344. The van der Waals surface area contributed by atoms with Crippen molar-refractivity contribution in [3.63, 3.8) is 0 Å². The van der Waals surface area contributed by atoms with E-state index < -0.39 is 0 Å². The first-order valence-electron chi connectivity index (χ1n) is 16.1. The molecule has 1 atom stereocenters. The third kappa shape index (κ3) is 30.0. The Balaban J connectivity index is 3.13. The number of hydrogen-bond donors (Lipinski definition) is 2. The molecule has 0 saturated carbocycles. The molecule has 0 aliphatic heterocycles. The van der Waals surface area contributed by atoms with Gasteiger partial charge in [0.25, 0.3) is 0 Å². The summed E-state index contributed by atoms with van der Waals surface area (Å²) in [4.78, 5) is 0. The van der Waals surface area contributed by atoms with Crippen molar-refractivity contribution in [1.29, 1.82) is 0 Å². The summed E-state index contributed by atoms with van der Waals surface area (Å²) in [5.74, 6) is 0. The molecule has 0 saturated heterocycles. The summed E-state index contributed by atoms with van der Waals surface area (Å²) in [7, 11) is 0. The molecule has 0 bridgehead atoms. The summed E-state index contributed by atoms with van der Waals surface area (Å²) < 4.78 is 0. The standard InChI is InChI=1S/C32H67N2/c1-4-6-8-10-12-14-16-18-20-22-24-26-29-33-31-28-32(3)34-30-27-25-23-21-19-17-15-13-11-9-7-5-2/h32-34H,3-31H2,1-2H3. The Morgan fingerprint density at radius 3 is 1.12 bits per heavy atom. The maximum atomic E-state index is 4.28. The van der Waals surface area contributed by atoms with Crippen molar-refractivity contribution < 1.29 is 0 Å². The van der Waals surface area contributed by atoms with Crippen molar-refractivity contribution >= 4 is 0 Å². The van der Waals surface area contributed by atoms with E-state index in [0.29, 0.717) is 6.04 Å². The smallest absolute Gasteiger partial charge is 0.00797 e. The van der Waals surface area contributed by atoms with Crippen LogP contribution in [-0.2, 0) is 0 Å². The van der Waals surface area contributed by atoms with E-state index in [2.05, 4.69) is 31.4 Å². The molecule has 0 rings (SSSR count). The second kappa shape index (κ2) is 31.0. The Morgan fingerprint density at radius 2 is 0.735 bits per heavy atom. The normalized spacial score (nSPS) is 12.4. The molecule has 1 radical (unpaired) electrons. The van der Waals surface area contributed by atoms with Gasteiger partial charge in [-0.15, -0.1) is 0 Å². The SMILES string of the molecule is [CH2]C(CCNCCCCCCCCCCCCCC)NCCCCCCCCCCCCCC. The van der Waals surface area contributed by atoms with Crippen LogP contribution in [0.15, 0.2) is 0 Å². The quantitative estimate of drug-likeness (QED) is 0.100. The van der Waals surface area contributed by atoms with Gasteiger partial charge in [-0.1, -0.05) is 155 Å². The molecule has 0 aromatic rings. The summed E-state index contributed by atoms with van der Waals surface area (Å²) in [6, 6.07) is 0.405. The van der Waals surface area contributed by atoms with E-state index >= 15 is 0 Å². The summed E-state index contributed by atoms with van der Waals surface area (Å²) in [5, 5.41) is 7.24. The van der Waals surface area contributed by atoms with Crippen LogP contribution in [0.2, 0.25) is 0 Å². The molecular formula is C32H67N2. The average molecular weight is 480 g/mol. The van der Waals surface area contributed by atoms with Gasteiger partial charge in [0.1, 0.15) is 0 Å². The highest BCUT2D eigenvalue weighted by atomic mass is 14.9. The van der Waals surface area contributed by atoms with Crippen LogP contribution in [0, 0.1) is 6.92 Å². The van der Waals surface area contributed by atoms with Crippen LogP contribution in [0.1, 0.15) is 174 Å². The van der Waals surface area contributed by atoms with Crippen LogP contribution in [0.4, 0.5) is 0 Å². The molecule has 1 unspecified atom stereocenters. The highest BCUT2D eigenvalue weighted by Gasteiger charge is 2.01. The van der Waals surface area contributed by atoms with E-state index in [1.54, 1.807) is 0 Å². The molecule has 0 heterocycles. The first-order chi connectivity index (χ1) is 16.8. The van der Waals surface area contributed by atoms with Gasteiger partial charge in [-0.25, -0.2) is 0 Å². The fourth-order valence-electron chi connectivity index (χ4n) is 4.87. The van der Waals surface area contributed by atoms with E-state index in [4.69, 9.17) is 0 Å². The lowest BCUT2D eigenvalue weighted by molar-refractivity contribution is 0.491. The van der Waals surface area contributed by atoms with Gasteiger partial charge in [-0.2, -0.15) is 0 Å². The second-order valence-electron chi connectivity index (χ2n) is 11.0. The van der Waals surface area contributed by atoms with Gasteiger partial charge in [0, 0.05) is 6.04 Å². The van der Waals surface area contributed by atoms with Crippen LogP contribution in [-0.4, -0.2) is 25.7 Å². The predicted octanol–water partition coefficient (Wildman–Crippen LogP) is 10.2. The first-order valence-corrected chi connectivity index (χ1v) is 16.1. The summed E-state index contributed by atoms with van der Waals surface area (Å²) in [6.07, 6.45) is 35.4. The minimum atomic E-state index is 0.405. The molecule has 2 heteroatoms. The van der Waals surface area contributed by atoms with Crippen molar-refractivity contribution in [2.75, 3.05) is 19.6 Å². The van der Waals surface area contributed by atoms with Crippen molar-refractivity contribution in [2.24, 2.45) is 0 Å². The van der Waals surface area contributed by atoms with E-state index in [0.717, 1.165) is 19.5 Å². The van der Waals surface area contributed by atoms with Gasteiger partial charge in [-0.05, 0) is 45.8 Å². The lowest BCUT2D eigenvalue weighted by Gasteiger charge is -2.14. The van der Waals surface area contributed by atoms with Gasteiger partial charge in [-0.3, -0.25) is 0 Å². The zero-order valence-electron chi connectivity index (χ0n) is 24.1. The average Bonchev–Trinajstić information content (AvgIpc) is 2.84. The third-order valence-electron chi connectivity index (χ3n) is 7.34. The summed E-state index contributed by atoms with van der Waals surface area (Å²) >= 11 is 0. The zero-order chi connectivity index (χ0) is 24.8. The molecule has 0 aliphatic carbocycles. The van der Waals surface area contributed by atoms with Crippen LogP contribution in [0.5, 0.6) is 0 Å².